The third-order valence-corrected chi connectivity index (χ3v) is 7.75. The zero-order valence-electron chi connectivity index (χ0n) is 22.1. The monoisotopic (exact) mass is 408 g/mol. The van der Waals surface area contributed by atoms with Crippen molar-refractivity contribution in [1.82, 2.24) is 0 Å². The van der Waals surface area contributed by atoms with Crippen molar-refractivity contribution >= 4 is 0 Å². The van der Waals surface area contributed by atoms with Gasteiger partial charge in [-0.05, 0) is 131 Å². The van der Waals surface area contributed by atoms with Gasteiger partial charge in [0.1, 0.15) is 0 Å². The normalized spacial score (nSPS) is 18.1. The molecule has 168 valence electrons. The maximum atomic E-state index is 2.37. The first-order valence-corrected chi connectivity index (χ1v) is 11.9. The lowest BCUT2D eigenvalue weighted by Gasteiger charge is -2.22. The average Bonchev–Trinajstić information content (AvgIpc) is 2.70. The van der Waals surface area contributed by atoms with Crippen LogP contribution in [-0.2, 0) is 0 Å². The molecule has 0 atom stereocenters. The maximum absolute atomic E-state index is 2.37. The molecule has 0 radical (unpaired) electrons. The molecule has 0 bridgehead atoms. The molecule has 30 heavy (non-hydrogen) atoms. The SMILES string of the molecule is CC1CCC(C)CC1.Cc1c(C)c(C)c(C)c(C)c1C.Cc1cc(C)c(C)c(C)c1. The summed E-state index contributed by atoms with van der Waals surface area (Å²) < 4.78 is 0. The molecule has 1 fully saturated rings. The zero-order chi connectivity index (χ0) is 23.2. The standard InChI is InChI=1S/C12H18.C10H14.C8H16/c1-7-8(2)10(4)12(6)11(5)9(7)3;1-7-5-8(2)10(4)9(3)6-7;1-7-3-5-8(2)6-4-7/h1-6H3;5-6H,1-4H3;7-8H,3-6H2,1-2H3. The molecule has 0 aromatic heterocycles. The minimum absolute atomic E-state index is 1.02. The highest BCUT2D eigenvalue weighted by atomic mass is 14.2. The van der Waals surface area contributed by atoms with Crippen LogP contribution in [0.4, 0.5) is 0 Å². The summed E-state index contributed by atoms with van der Waals surface area (Å²) in [7, 11) is 0. The second kappa shape index (κ2) is 11.7. The van der Waals surface area contributed by atoms with Crippen LogP contribution in [0.25, 0.3) is 0 Å². The Bertz CT molecular complexity index is 692. The molecular formula is C30H48. The molecule has 0 unspecified atom stereocenters. The molecule has 2 aromatic carbocycles. The molecule has 0 heteroatoms. The van der Waals surface area contributed by atoms with Gasteiger partial charge in [-0.15, -0.1) is 0 Å². The minimum atomic E-state index is 1.02. The second-order valence-electron chi connectivity index (χ2n) is 10.1. The predicted molar refractivity (Wildman–Crippen MR) is 137 cm³/mol. The van der Waals surface area contributed by atoms with Gasteiger partial charge in [0.15, 0.2) is 0 Å². The van der Waals surface area contributed by atoms with Gasteiger partial charge in [-0.3, -0.25) is 0 Å². The molecule has 1 aliphatic rings. The topological polar surface area (TPSA) is 0 Å². The molecule has 0 spiro atoms. The molecule has 2 aromatic rings. The fourth-order valence-corrected chi connectivity index (χ4v) is 4.37. The van der Waals surface area contributed by atoms with Gasteiger partial charge in [0, 0.05) is 0 Å². The molecule has 0 nitrogen and oxygen atoms in total. The average molecular weight is 409 g/mol. The number of hydrogen-bond acceptors (Lipinski definition) is 0. The van der Waals surface area contributed by atoms with E-state index < -0.39 is 0 Å². The van der Waals surface area contributed by atoms with E-state index in [-0.39, 0.29) is 0 Å². The molecule has 1 aliphatic carbocycles. The summed E-state index contributed by atoms with van der Waals surface area (Å²) >= 11 is 0. The van der Waals surface area contributed by atoms with Gasteiger partial charge in [0.2, 0.25) is 0 Å². The van der Waals surface area contributed by atoms with Gasteiger partial charge >= 0.3 is 0 Å². The Morgan fingerprint density at radius 3 is 0.900 bits per heavy atom. The summed E-state index contributed by atoms with van der Waals surface area (Å²) in [5.41, 5.74) is 14.3. The van der Waals surface area contributed by atoms with Crippen molar-refractivity contribution < 1.29 is 0 Å². The summed E-state index contributed by atoms with van der Waals surface area (Å²) in [5, 5.41) is 0. The summed E-state index contributed by atoms with van der Waals surface area (Å²) in [6, 6.07) is 4.45. The van der Waals surface area contributed by atoms with Crippen LogP contribution in [0, 0.1) is 81.1 Å². The van der Waals surface area contributed by atoms with Crippen molar-refractivity contribution in [1.29, 1.82) is 0 Å². The van der Waals surface area contributed by atoms with E-state index in [1.807, 2.05) is 0 Å². The lowest BCUT2D eigenvalue weighted by molar-refractivity contribution is 0.308. The predicted octanol–water partition coefficient (Wildman–Crippen LogP) is 9.29. The molecule has 3 rings (SSSR count). The van der Waals surface area contributed by atoms with E-state index in [2.05, 4.69) is 95.2 Å². The third-order valence-electron chi connectivity index (χ3n) is 7.75. The van der Waals surface area contributed by atoms with Crippen LogP contribution in [0.2, 0.25) is 0 Å². The van der Waals surface area contributed by atoms with Crippen LogP contribution in [0.3, 0.4) is 0 Å². The number of hydrogen-bond donors (Lipinski definition) is 0. The second-order valence-corrected chi connectivity index (χ2v) is 10.1. The van der Waals surface area contributed by atoms with Crippen LogP contribution in [-0.4, -0.2) is 0 Å². The van der Waals surface area contributed by atoms with Crippen LogP contribution < -0.4 is 0 Å². The van der Waals surface area contributed by atoms with Crippen molar-refractivity contribution in [3.05, 3.63) is 67.8 Å². The highest BCUT2D eigenvalue weighted by molar-refractivity contribution is 5.48. The van der Waals surface area contributed by atoms with Gasteiger partial charge < -0.3 is 0 Å². The molecule has 0 aliphatic heterocycles. The van der Waals surface area contributed by atoms with E-state index in [1.165, 1.54) is 81.3 Å². The highest BCUT2D eigenvalue weighted by Gasteiger charge is 2.13. The summed E-state index contributed by atoms with van der Waals surface area (Å²) in [5.74, 6) is 2.04. The van der Waals surface area contributed by atoms with E-state index in [1.54, 1.807) is 0 Å². The Hall–Kier alpha value is -1.56. The highest BCUT2D eigenvalue weighted by Crippen LogP contribution is 2.27. The molecule has 0 heterocycles. The quantitative estimate of drug-likeness (QED) is 0.407. The summed E-state index contributed by atoms with van der Waals surface area (Å²) in [4.78, 5) is 0. The van der Waals surface area contributed by atoms with Gasteiger partial charge in [-0.1, -0.05) is 57.2 Å². The molecule has 0 N–H and O–H groups in total. The van der Waals surface area contributed by atoms with Crippen LogP contribution >= 0.6 is 0 Å². The van der Waals surface area contributed by atoms with Crippen molar-refractivity contribution in [2.24, 2.45) is 11.8 Å². The Morgan fingerprint density at radius 1 is 0.433 bits per heavy atom. The van der Waals surface area contributed by atoms with Gasteiger partial charge in [-0.2, -0.15) is 0 Å². The number of aryl methyl sites for hydroxylation is 3. The number of benzene rings is 2. The van der Waals surface area contributed by atoms with Crippen molar-refractivity contribution in [2.45, 2.75) is 109 Å². The first-order chi connectivity index (χ1) is 13.9. The van der Waals surface area contributed by atoms with Crippen molar-refractivity contribution in [3.63, 3.8) is 0 Å². The first kappa shape index (κ1) is 26.5. The van der Waals surface area contributed by atoms with E-state index in [4.69, 9.17) is 0 Å². The number of rotatable bonds is 0. The Balaban J connectivity index is 0.000000230. The Labute approximate surface area is 188 Å². The molecule has 0 saturated heterocycles. The van der Waals surface area contributed by atoms with E-state index in [0.29, 0.717) is 0 Å². The summed E-state index contributed by atoms with van der Waals surface area (Å²) in [6.45, 7) is 26.6. The molecule has 0 amide bonds. The van der Waals surface area contributed by atoms with E-state index in [0.717, 1.165) is 11.8 Å². The fourth-order valence-electron chi connectivity index (χ4n) is 4.37. The van der Waals surface area contributed by atoms with Gasteiger partial charge in [0.05, 0.1) is 0 Å². The summed E-state index contributed by atoms with van der Waals surface area (Å²) in [6.07, 6.45) is 5.89. The van der Waals surface area contributed by atoms with Crippen LogP contribution in [0.15, 0.2) is 12.1 Å². The Kier molecular flexibility index (Phi) is 10.4. The molecule has 1 saturated carbocycles. The lowest BCUT2D eigenvalue weighted by Crippen LogP contribution is -2.08. The largest absolute Gasteiger partial charge is 0.0625 e. The van der Waals surface area contributed by atoms with E-state index >= 15 is 0 Å². The van der Waals surface area contributed by atoms with Crippen LogP contribution in [0.5, 0.6) is 0 Å². The fraction of sp³-hybridized carbons (Fsp3) is 0.600. The van der Waals surface area contributed by atoms with Crippen LogP contribution in [0.1, 0.15) is 95.2 Å². The smallest absolute Gasteiger partial charge is 0.0392 e. The first-order valence-electron chi connectivity index (χ1n) is 11.9. The third kappa shape index (κ3) is 7.29. The zero-order valence-corrected chi connectivity index (χ0v) is 22.1. The van der Waals surface area contributed by atoms with Gasteiger partial charge in [-0.25, -0.2) is 0 Å². The Morgan fingerprint density at radius 2 is 0.667 bits per heavy atom. The van der Waals surface area contributed by atoms with E-state index in [9.17, 15) is 0 Å². The maximum Gasteiger partial charge on any atom is -0.0392 e. The van der Waals surface area contributed by atoms with Crippen molar-refractivity contribution in [2.75, 3.05) is 0 Å². The molecular weight excluding hydrogens is 360 g/mol. The minimum Gasteiger partial charge on any atom is -0.0625 e. The van der Waals surface area contributed by atoms with Gasteiger partial charge in [0.25, 0.3) is 0 Å². The van der Waals surface area contributed by atoms with Crippen molar-refractivity contribution in [3.8, 4) is 0 Å². The lowest BCUT2D eigenvalue weighted by atomic mass is 9.84.